The molecule has 0 bridgehead atoms. The van der Waals surface area contributed by atoms with Crippen LogP contribution >= 0.6 is 11.6 Å². The Labute approximate surface area is 139 Å². The molecule has 1 N–H and O–H groups in total. The van der Waals surface area contributed by atoms with Gasteiger partial charge < -0.3 is 14.8 Å². The molecule has 2 rings (SSSR count). The second-order valence-corrected chi connectivity index (χ2v) is 5.25. The molecule has 2 aromatic rings. The fourth-order valence-electron chi connectivity index (χ4n) is 2.06. The Bertz CT molecular complexity index is 734. The summed E-state index contributed by atoms with van der Waals surface area (Å²) in [7, 11) is 1.47. The number of anilines is 1. The largest absolute Gasteiger partial charge is 0.493 e. The molecule has 0 unspecified atom stereocenters. The van der Waals surface area contributed by atoms with Crippen LogP contribution in [-0.4, -0.2) is 19.6 Å². The summed E-state index contributed by atoms with van der Waals surface area (Å²) in [5.74, 6) is 0.0682. The molecule has 6 heteroatoms. The van der Waals surface area contributed by atoms with Crippen molar-refractivity contribution in [1.29, 1.82) is 0 Å². The van der Waals surface area contributed by atoms with Gasteiger partial charge in [0.25, 0.3) is 5.91 Å². The van der Waals surface area contributed by atoms with Gasteiger partial charge in [-0.05, 0) is 49.7 Å². The Morgan fingerprint density at radius 3 is 2.65 bits per heavy atom. The third kappa shape index (κ3) is 3.93. The molecule has 0 fully saturated rings. The Hall–Kier alpha value is -2.27. The smallest absolute Gasteiger partial charge is 0.255 e. The number of carbonyl (C=O) groups is 1. The van der Waals surface area contributed by atoms with Crippen molar-refractivity contribution < 1.29 is 18.7 Å². The summed E-state index contributed by atoms with van der Waals surface area (Å²) < 4.78 is 23.9. The lowest BCUT2D eigenvalue weighted by atomic mass is 10.1. The molecular formula is C17H17ClFNO3. The second kappa shape index (κ2) is 7.33. The van der Waals surface area contributed by atoms with Crippen molar-refractivity contribution in [1.82, 2.24) is 0 Å². The number of nitrogens with one attached hydrogen (secondary N) is 1. The van der Waals surface area contributed by atoms with E-state index in [4.69, 9.17) is 21.1 Å². The highest BCUT2D eigenvalue weighted by Gasteiger charge is 2.16. The highest BCUT2D eigenvalue weighted by Crippen LogP contribution is 2.36. The second-order valence-electron chi connectivity index (χ2n) is 4.84. The Kier molecular flexibility index (Phi) is 5.45. The molecule has 2 aromatic carbocycles. The van der Waals surface area contributed by atoms with Crippen LogP contribution in [0.15, 0.2) is 30.3 Å². The van der Waals surface area contributed by atoms with E-state index in [1.54, 1.807) is 19.1 Å². The third-order valence-electron chi connectivity index (χ3n) is 3.20. The number of halogens is 2. The van der Waals surface area contributed by atoms with Crippen LogP contribution in [0.25, 0.3) is 0 Å². The molecule has 0 saturated carbocycles. The average molecular weight is 338 g/mol. The number of aryl methyl sites for hydroxylation is 1. The van der Waals surface area contributed by atoms with Gasteiger partial charge in [-0.2, -0.15) is 0 Å². The molecule has 0 heterocycles. The molecular weight excluding hydrogens is 321 g/mol. The fourth-order valence-corrected chi connectivity index (χ4v) is 2.33. The van der Waals surface area contributed by atoms with Gasteiger partial charge >= 0.3 is 0 Å². The highest BCUT2D eigenvalue weighted by molar-refractivity contribution is 6.32. The summed E-state index contributed by atoms with van der Waals surface area (Å²) in [5, 5.41) is 2.98. The van der Waals surface area contributed by atoms with E-state index >= 15 is 0 Å². The number of methoxy groups -OCH3 is 1. The van der Waals surface area contributed by atoms with E-state index in [0.717, 1.165) is 0 Å². The summed E-state index contributed by atoms with van der Waals surface area (Å²) in [4.78, 5) is 12.3. The van der Waals surface area contributed by atoms with Crippen molar-refractivity contribution in [2.45, 2.75) is 13.8 Å². The number of rotatable bonds is 5. The van der Waals surface area contributed by atoms with Gasteiger partial charge in [0.05, 0.1) is 18.7 Å². The van der Waals surface area contributed by atoms with Crippen molar-refractivity contribution in [3.8, 4) is 11.5 Å². The minimum Gasteiger partial charge on any atom is -0.493 e. The van der Waals surface area contributed by atoms with Crippen molar-refractivity contribution in [2.75, 3.05) is 19.0 Å². The minimum absolute atomic E-state index is 0.284. The summed E-state index contributed by atoms with van der Waals surface area (Å²) in [6, 6.07) is 7.40. The third-order valence-corrected chi connectivity index (χ3v) is 3.48. The lowest BCUT2D eigenvalue weighted by Gasteiger charge is -2.13. The Balaban J connectivity index is 2.28. The normalized spacial score (nSPS) is 10.3. The Morgan fingerprint density at radius 2 is 2.04 bits per heavy atom. The van der Waals surface area contributed by atoms with Crippen LogP contribution in [0.4, 0.5) is 10.1 Å². The summed E-state index contributed by atoms with van der Waals surface area (Å²) in [6.07, 6.45) is 0. The van der Waals surface area contributed by atoms with E-state index in [-0.39, 0.29) is 16.7 Å². The van der Waals surface area contributed by atoms with Crippen LogP contribution in [0, 0.1) is 12.7 Å². The van der Waals surface area contributed by atoms with Gasteiger partial charge in [-0.25, -0.2) is 4.39 Å². The molecule has 122 valence electrons. The zero-order valence-electron chi connectivity index (χ0n) is 13.1. The molecule has 4 nitrogen and oxygen atoms in total. The first-order chi connectivity index (χ1) is 11.0. The number of ether oxygens (including phenoxy) is 2. The number of amides is 1. The molecule has 23 heavy (non-hydrogen) atoms. The average Bonchev–Trinajstić information content (AvgIpc) is 2.52. The van der Waals surface area contributed by atoms with Crippen molar-refractivity contribution in [3.05, 3.63) is 52.3 Å². The van der Waals surface area contributed by atoms with E-state index in [1.165, 1.54) is 25.3 Å². The number of hydrogen-bond donors (Lipinski definition) is 1. The van der Waals surface area contributed by atoms with Crippen LogP contribution in [0.2, 0.25) is 5.02 Å². The summed E-state index contributed by atoms with van der Waals surface area (Å²) >= 11 is 6.15. The number of benzene rings is 2. The predicted octanol–water partition coefficient (Wildman–Crippen LogP) is 4.45. The molecule has 1 amide bonds. The lowest BCUT2D eigenvalue weighted by molar-refractivity contribution is 0.102. The standard InChI is InChI=1S/C17H17ClFNO3/c1-4-23-16-13(18)8-11(9-15(16)22-3)17(21)20-12-5-6-14(19)10(2)7-12/h5-9H,4H2,1-3H3,(H,20,21). The van der Waals surface area contributed by atoms with E-state index in [0.29, 0.717) is 34.9 Å². The number of carbonyl (C=O) groups excluding carboxylic acids is 1. The van der Waals surface area contributed by atoms with E-state index in [1.807, 2.05) is 6.92 Å². The molecule has 0 aliphatic carbocycles. The Morgan fingerprint density at radius 1 is 1.30 bits per heavy atom. The molecule has 0 saturated heterocycles. The van der Waals surface area contributed by atoms with Gasteiger partial charge in [0.1, 0.15) is 5.82 Å². The van der Waals surface area contributed by atoms with Gasteiger partial charge in [-0.1, -0.05) is 11.6 Å². The first-order valence-corrected chi connectivity index (χ1v) is 7.42. The number of hydrogen-bond acceptors (Lipinski definition) is 3. The van der Waals surface area contributed by atoms with Gasteiger partial charge in [0.15, 0.2) is 11.5 Å². The molecule has 0 atom stereocenters. The van der Waals surface area contributed by atoms with Gasteiger partial charge in [-0.15, -0.1) is 0 Å². The summed E-state index contributed by atoms with van der Waals surface area (Å²) in [6.45, 7) is 3.88. The summed E-state index contributed by atoms with van der Waals surface area (Å²) in [5.41, 5.74) is 1.26. The molecule has 0 aromatic heterocycles. The zero-order chi connectivity index (χ0) is 17.0. The molecule has 0 radical (unpaired) electrons. The first-order valence-electron chi connectivity index (χ1n) is 7.04. The molecule has 0 spiro atoms. The topological polar surface area (TPSA) is 47.6 Å². The van der Waals surface area contributed by atoms with Crippen molar-refractivity contribution in [3.63, 3.8) is 0 Å². The van der Waals surface area contributed by atoms with Crippen LogP contribution < -0.4 is 14.8 Å². The van der Waals surface area contributed by atoms with Gasteiger partial charge in [0.2, 0.25) is 0 Å². The van der Waals surface area contributed by atoms with Crippen LogP contribution in [0.5, 0.6) is 11.5 Å². The van der Waals surface area contributed by atoms with Gasteiger partial charge in [0, 0.05) is 11.3 Å². The van der Waals surface area contributed by atoms with Crippen LogP contribution in [0.3, 0.4) is 0 Å². The monoisotopic (exact) mass is 337 g/mol. The molecule has 0 aliphatic heterocycles. The van der Waals surface area contributed by atoms with Gasteiger partial charge in [-0.3, -0.25) is 4.79 Å². The minimum atomic E-state index is -0.376. The fraction of sp³-hybridized carbons (Fsp3) is 0.235. The quantitative estimate of drug-likeness (QED) is 0.877. The lowest BCUT2D eigenvalue weighted by Crippen LogP contribution is -2.12. The maximum Gasteiger partial charge on any atom is 0.255 e. The van der Waals surface area contributed by atoms with E-state index < -0.39 is 0 Å². The maximum absolute atomic E-state index is 13.3. The highest BCUT2D eigenvalue weighted by atomic mass is 35.5. The van der Waals surface area contributed by atoms with E-state index in [9.17, 15) is 9.18 Å². The van der Waals surface area contributed by atoms with Crippen molar-refractivity contribution >= 4 is 23.2 Å². The zero-order valence-corrected chi connectivity index (χ0v) is 13.8. The molecule has 0 aliphatic rings. The van der Waals surface area contributed by atoms with Crippen molar-refractivity contribution in [2.24, 2.45) is 0 Å². The SMILES string of the molecule is CCOc1c(Cl)cc(C(=O)Nc2ccc(F)c(C)c2)cc1OC. The van der Waals surface area contributed by atoms with Crippen LogP contribution in [0.1, 0.15) is 22.8 Å². The predicted molar refractivity (Wildman–Crippen MR) is 88.3 cm³/mol. The maximum atomic E-state index is 13.3. The van der Waals surface area contributed by atoms with Crippen LogP contribution in [-0.2, 0) is 0 Å². The first kappa shape index (κ1) is 17.1. The van der Waals surface area contributed by atoms with E-state index in [2.05, 4.69) is 5.32 Å².